The van der Waals surface area contributed by atoms with Crippen LogP contribution in [0.1, 0.15) is 5.56 Å². The quantitative estimate of drug-likeness (QED) is 0.824. The molecule has 0 saturated carbocycles. The first-order chi connectivity index (χ1) is 10.7. The lowest BCUT2D eigenvalue weighted by Gasteiger charge is -2.18. The number of halogens is 2. The summed E-state index contributed by atoms with van der Waals surface area (Å²) < 4.78 is 39.4. The molecule has 2 rings (SSSR count). The minimum Gasteiger partial charge on any atom is -0.378 e. The standard InChI is InChI=1S/C16H18ClFN2O2S/c1-19(2)13-6-4-12(5-7-13)11-20(3)23(21,22)14-8-9-16(18)15(17)10-14/h4-10H,11H2,1-3H3. The van der Waals surface area contributed by atoms with Crippen molar-refractivity contribution in [1.82, 2.24) is 4.31 Å². The molecule has 0 aliphatic rings. The second kappa shape index (κ2) is 6.86. The van der Waals surface area contributed by atoms with Gasteiger partial charge >= 0.3 is 0 Å². The number of rotatable bonds is 5. The number of hydrogen-bond acceptors (Lipinski definition) is 3. The molecule has 0 radical (unpaired) electrons. The first kappa shape index (κ1) is 17.7. The molecule has 0 bridgehead atoms. The van der Waals surface area contributed by atoms with Crippen LogP contribution in [-0.4, -0.2) is 33.9 Å². The van der Waals surface area contributed by atoms with E-state index >= 15 is 0 Å². The lowest BCUT2D eigenvalue weighted by atomic mass is 10.2. The molecule has 0 spiro atoms. The highest BCUT2D eigenvalue weighted by Gasteiger charge is 2.22. The third kappa shape index (κ3) is 4.02. The molecule has 23 heavy (non-hydrogen) atoms. The Labute approximate surface area is 141 Å². The number of benzene rings is 2. The molecule has 7 heteroatoms. The van der Waals surface area contributed by atoms with Gasteiger partial charge in [-0.15, -0.1) is 0 Å². The zero-order valence-electron chi connectivity index (χ0n) is 13.1. The van der Waals surface area contributed by atoms with Gasteiger partial charge in [0.2, 0.25) is 10.0 Å². The average Bonchev–Trinajstić information content (AvgIpc) is 2.50. The van der Waals surface area contributed by atoms with Gasteiger partial charge in [0.15, 0.2) is 0 Å². The van der Waals surface area contributed by atoms with Crippen LogP contribution in [0.2, 0.25) is 5.02 Å². The second-order valence-corrected chi connectivity index (χ2v) is 7.85. The smallest absolute Gasteiger partial charge is 0.243 e. The number of anilines is 1. The first-order valence-electron chi connectivity index (χ1n) is 6.89. The zero-order valence-corrected chi connectivity index (χ0v) is 14.7. The summed E-state index contributed by atoms with van der Waals surface area (Å²) in [5.74, 6) is -0.646. The Kier molecular flexibility index (Phi) is 5.29. The summed E-state index contributed by atoms with van der Waals surface area (Å²) in [4.78, 5) is 1.93. The first-order valence-corrected chi connectivity index (χ1v) is 8.71. The average molecular weight is 357 g/mol. The normalized spacial score (nSPS) is 11.7. The SMILES string of the molecule is CN(C)c1ccc(CN(C)S(=O)(=O)c2ccc(F)c(Cl)c2)cc1. The van der Waals surface area contributed by atoms with Crippen LogP contribution in [0.15, 0.2) is 47.4 Å². The number of hydrogen-bond donors (Lipinski definition) is 0. The van der Waals surface area contributed by atoms with Crippen molar-refractivity contribution in [3.05, 3.63) is 58.9 Å². The summed E-state index contributed by atoms with van der Waals surface area (Å²) in [6.07, 6.45) is 0. The zero-order chi connectivity index (χ0) is 17.2. The lowest BCUT2D eigenvalue weighted by molar-refractivity contribution is 0.466. The molecule has 0 unspecified atom stereocenters. The highest BCUT2D eigenvalue weighted by Crippen LogP contribution is 2.23. The fourth-order valence-corrected chi connectivity index (χ4v) is 3.49. The predicted molar refractivity (Wildman–Crippen MR) is 90.8 cm³/mol. The van der Waals surface area contributed by atoms with Gasteiger partial charge in [-0.3, -0.25) is 0 Å². The van der Waals surface area contributed by atoms with Crippen LogP contribution in [0.5, 0.6) is 0 Å². The highest BCUT2D eigenvalue weighted by atomic mass is 35.5. The topological polar surface area (TPSA) is 40.6 Å². The van der Waals surface area contributed by atoms with Gasteiger partial charge in [0.05, 0.1) is 9.92 Å². The van der Waals surface area contributed by atoms with Gasteiger partial charge in [-0.25, -0.2) is 12.8 Å². The van der Waals surface area contributed by atoms with Crippen molar-refractivity contribution in [3.8, 4) is 0 Å². The maximum absolute atomic E-state index is 13.2. The van der Waals surface area contributed by atoms with Crippen molar-refractivity contribution in [2.45, 2.75) is 11.4 Å². The summed E-state index contributed by atoms with van der Waals surface area (Å²) in [6.45, 7) is 0.213. The van der Waals surface area contributed by atoms with E-state index in [1.807, 2.05) is 43.3 Å². The molecule has 4 nitrogen and oxygen atoms in total. The van der Waals surface area contributed by atoms with Gasteiger partial charge in [-0.1, -0.05) is 23.7 Å². The second-order valence-electron chi connectivity index (χ2n) is 5.40. The lowest BCUT2D eigenvalue weighted by Crippen LogP contribution is -2.26. The van der Waals surface area contributed by atoms with E-state index in [2.05, 4.69) is 0 Å². The van der Waals surface area contributed by atoms with Crippen LogP contribution in [0.25, 0.3) is 0 Å². The largest absolute Gasteiger partial charge is 0.378 e. The van der Waals surface area contributed by atoms with Crippen LogP contribution >= 0.6 is 11.6 Å². The predicted octanol–water partition coefficient (Wildman–Crippen LogP) is 3.37. The van der Waals surface area contributed by atoms with Crippen molar-refractivity contribution in [3.63, 3.8) is 0 Å². The van der Waals surface area contributed by atoms with E-state index in [-0.39, 0.29) is 16.5 Å². The fourth-order valence-electron chi connectivity index (χ4n) is 2.06. The van der Waals surface area contributed by atoms with E-state index < -0.39 is 15.8 Å². The number of sulfonamides is 1. The molecule has 0 atom stereocenters. The van der Waals surface area contributed by atoms with E-state index in [9.17, 15) is 12.8 Å². The Morgan fingerprint density at radius 1 is 1.04 bits per heavy atom. The summed E-state index contributed by atoms with van der Waals surface area (Å²) in [7, 11) is 1.62. The Morgan fingerprint density at radius 2 is 1.65 bits per heavy atom. The van der Waals surface area contributed by atoms with Gasteiger partial charge in [0, 0.05) is 33.4 Å². The molecule has 0 aromatic heterocycles. The Morgan fingerprint density at radius 3 is 2.17 bits per heavy atom. The third-order valence-corrected chi connectivity index (χ3v) is 5.55. The summed E-state index contributed by atoms with van der Waals surface area (Å²) in [5.41, 5.74) is 1.89. The Hall–Kier alpha value is -1.63. The molecule has 0 heterocycles. The molecule has 2 aromatic rings. The van der Waals surface area contributed by atoms with E-state index in [0.717, 1.165) is 23.4 Å². The van der Waals surface area contributed by atoms with Crippen LogP contribution in [0.3, 0.4) is 0 Å². The van der Waals surface area contributed by atoms with E-state index in [4.69, 9.17) is 11.6 Å². The van der Waals surface area contributed by atoms with Crippen molar-refractivity contribution in [2.75, 3.05) is 26.0 Å². The minimum absolute atomic E-state index is 0.0312. The molecular formula is C16H18ClFN2O2S. The van der Waals surface area contributed by atoms with Gasteiger partial charge in [-0.2, -0.15) is 4.31 Å². The molecule has 0 N–H and O–H groups in total. The molecule has 124 valence electrons. The van der Waals surface area contributed by atoms with Crippen molar-refractivity contribution in [2.24, 2.45) is 0 Å². The van der Waals surface area contributed by atoms with Gasteiger partial charge in [0.25, 0.3) is 0 Å². The Bertz CT molecular complexity index is 792. The minimum atomic E-state index is -3.73. The van der Waals surface area contributed by atoms with Crippen LogP contribution < -0.4 is 4.90 Å². The van der Waals surface area contributed by atoms with E-state index in [1.165, 1.54) is 17.4 Å². The van der Waals surface area contributed by atoms with E-state index in [1.54, 1.807) is 0 Å². The molecule has 0 fully saturated rings. The van der Waals surface area contributed by atoms with Crippen molar-refractivity contribution >= 4 is 27.3 Å². The van der Waals surface area contributed by atoms with Gasteiger partial charge in [-0.05, 0) is 35.9 Å². The van der Waals surface area contributed by atoms with Crippen LogP contribution in [-0.2, 0) is 16.6 Å². The fraction of sp³-hybridized carbons (Fsp3) is 0.250. The Balaban J connectivity index is 2.21. The van der Waals surface area contributed by atoms with Crippen LogP contribution in [0.4, 0.5) is 10.1 Å². The molecule has 0 aliphatic carbocycles. The third-order valence-electron chi connectivity index (χ3n) is 3.46. The van der Waals surface area contributed by atoms with E-state index in [0.29, 0.717) is 0 Å². The number of nitrogens with zero attached hydrogens (tertiary/aromatic N) is 2. The monoisotopic (exact) mass is 356 g/mol. The molecule has 2 aromatic carbocycles. The van der Waals surface area contributed by atoms with Crippen LogP contribution in [0, 0.1) is 5.82 Å². The summed E-state index contributed by atoms with van der Waals surface area (Å²) >= 11 is 5.67. The molecule has 0 amide bonds. The van der Waals surface area contributed by atoms with Crippen molar-refractivity contribution in [1.29, 1.82) is 0 Å². The highest BCUT2D eigenvalue weighted by molar-refractivity contribution is 7.89. The summed E-state index contributed by atoms with van der Waals surface area (Å²) in [6, 6.07) is 11.0. The van der Waals surface area contributed by atoms with Crippen molar-refractivity contribution < 1.29 is 12.8 Å². The maximum Gasteiger partial charge on any atom is 0.243 e. The molecule has 0 aliphatic heterocycles. The van der Waals surface area contributed by atoms with Gasteiger partial charge < -0.3 is 4.90 Å². The summed E-state index contributed by atoms with van der Waals surface area (Å²) in [5, 5.41) is -0.213. The van der Waals surface area contributed by atoms with Gasteiger partial charge in [0.1, 0.15) is 5.82 Å². The molecule has 0 saturated heterocycles. The maximum atomic E-state index is 13.2. The molecular weight excluding hydrogens is 339 g/mol.